The van der Waals surface area contributed by atoms with Gasteiger partial charge in [0.25, 0.3) is 0 Å². The number of hydrogen-bond acceptors (Lipinski definition) is 3. The van der Waals surface area contributed by atoms with Crippen LogP contribution < -0.4 is 0 Å². The standard InChI is InChI=1S/C17H22O3/c1-13(2)9-12-16(18)20-17(19)14(3)10-11-15-7-5-4-6-8-15/h4-8,13H,3,9-12H2,1-2H3. The Kier molecular flexibility index (Phi) is 6.71. The van der Waals surface area contributed by atoms with Gasteiger partial charge in [-0.25, -0.2) is 4.79 Å². The van der Waals surface area contributed by atoms with Crippen molar-refractivity contribution in [3.05, 3.63) is 48.0 Å². The van der Waals surface area contributed by atoms with E-state index in [2.05, 4.69) is 6.58 Å². The lowest BCUT2D eigenvalue weighted by Gasteiger charge is -2.07. The highest BCUT2D eigenvalue weighted by molar-refractivity contribution is 5.95. The van der Waals surface area contributed by atoms with Gasteiger partial charge in [0, 0.05) is 12.0 Å². The zero-order valence-electron chi connectivity index (χ0n) is 12.2. The third kappa shape index (κ3) is 6.32. The Hall–Kier alpha value is -1.90. The normalized spacial score (nSPS) is 10.3. The maximum Gasteiger partial charge on any atom is 0.341 e. The predicted octanol–water partition coefficient (Wildman–Crippen LogP) is 3.68. The van der Waals surface area contributed by atoms with E-state index in [-0.39, 0.29) is 6.42 Å². The van der Waals surface area contributed by atoms with Crippen molar-refractivity contribution in [1.82, 2.24) is 0 Å². The number of esters is 2. The lowest BCUT2D eigenvalue weighted by Crippen LogP contribution is -2.14. The summed E-state index contributed by atoms with van der Waals surface area (Å²) < 4.78 is 4.77. The molecular weight excluding hydrogens is 252 g/mol. The molecule has 0 N–H and O–H groups in total. The topological polar surface area (TPSA) is 43.4 Å². The first-order valence-corrected chi connectivity index (χ1v) is 6.95. The molecule has 108 valence electrons. The molecule has 3 heteroatoms. The molecule has 0 aliphatic rings. The number of aryl methyl sites for hydroxylation is 1. The fourth-order valence-corrected chi connectivity index (χ4v) is 1.68. The molecule has 0 heterocycles. The highest BCUT2D eigenvalue weighted by Gasteiger charge is 2.14. The van der Waals surface area contributed by atoms with E-state index in [0.717, 1.165) is 18.4 Å². The van der Waals surface area contributed by atoms with Crippen LogP contribution in [0.5, 0.6) is 0 Å². The molecule has 0 radical (unpaired) electrons. The molecule has 0 saturated heterocycles. The van der Waals surface area contributed by atoms with Crippen LogP contribution in [0.4, 0.5) is 0 Å². The molecule has 0 spiro atoms. The van der Waals surface area contributed by atoms with E-state index >= 15 is 0 Å². The third-order valence-corrected chi connectivity index (χ3v) is 2.98. The van der Waals surface area contributed by atoms with Gasteiger partial charge in [-0.2, -0.15) is 0 Å². The molecule has 0 amide bonds. The van der Waals surface area contributed by atoms with E-state index in [4.69, 9.17) is 4.74 Å². The van der Waals surface area contributed by atoms with Gasteiger partial charge in [-0.15, -0.1) is 0 Å². The van der Waals surface area contributed by atoms with Crippen LogP contribution >= 0.6 is 0 Å². The second-order valence-corrected chi connectivity index (χ2v) is 5.28. The molecule has 0 aromatic heterocycles. The second-order valence-electron chi connectivity index (χ2n) is 5.28. The molecule has 1 rings (SSSR count). The SMILES string of the molecule is C=C(CCc1ccccc1)C(=O)OC(=O)CCC(C)C. The minimum Gasteiger partial charge on any atom is -0.390 e. The third-order valence-electron chi connectivity index (χ3n) is 2.98. The minimum atomic E-state index is -0.602. The summed E-state index contributed by atoms with van der Waals surface area (Å²) in [4.78, 5) is 23.1. The summed E-state index contributed by atoms with van der Waals surface area (Å²) in [5, 5.41) is 0. The molecule has 0 unspecified atom stereocenters. The average Bonchev–Trinajstić information content (AvgIpc) is 2.43. The first kappa shape index (κ1) is 16.2. The maximum absolute atomic E-state index is 11.7. The number of carbonyl (C=O) groups is 2. The smallest absolute Gasteiger partial charge is 0.341 e. The summed E-state index contributed by atoms with van der Waals surface area (Å²) >= 11 is 0. The van der Waals surface area contributed by atoms with Gasteiger partial charge in [-0.3, -0.25) is 4.79 Å². The van der Waals surface area contributed by atoms with Gasteiger partial charge in [0.1, 0.15) is 0 Å². The first-order valence-electron chi connectivity index (χ1n) is 6.95. The minimum absolute atomic E-state index is 0.273. The Morgan fingerprint density at radius 2 is 1.80 bits per heavy atom. The highest BCUT2D eigenvalue weighted by atomic mass is 16.6. The monoisotopic (exact) mass is 274 g/mol. The second kappa shape index (κ2) is 8.31. The Morgan fingerprint density at radius 3 is 2.40 bits per heavy atom. The molecule has 0 aliphatic heterocycles. The lowest BCUT2D eigenvalue weighted by molar-refractivity contribution is -0.157. The van der Waals surface area contributed by atoms with Crippen molar-refractivity contribution in [1.29, 1.82) is 0 Å². The molecule has 3 nitrogen and oxygen atoms in total. The van der Waals surface area contributed by atoms with Crippen molar-refractivity contribution >= 4 is 11.9 Å². The number of carbonyl (C=O) groups excluding carboxylic acids is 2. The van der Waals surface area contributed by atoms with Crippen molar-refractivity contribution in [2.45, 2.75) is 39.5 Å². The first-order chi connectivity index (χ1) is 9.49. The molecule has 0 bridgehead atoms. The predicted molar refractivity (Wildman–Crippen MR) is 79.1 cm³/mol. The average molecular weight is 274 g/mol. The van der Waals surface area contributed by atoms with Crippen LogP contribution in [0.1, 0.15) is 38.7 Å². The van der Waals surface area contributed by atoms with Gasteiger partial charge < -0.3 is 4.74 Å². The van der Waals surface area contributed by atoms with Gasteiger partial charge >= 0.3 is 11.9 Å². The summed E-state index contributed by atoms with van der Waals surface area (Å²) in [5.41, 5.74) is 1.47. The largest absolute Gasteiger partial charge is 0.390 e. The summed E-state index contributed by atoms with van der Waals surface area (Å²) in [6, 6.07) is 9.83. The number of ether oxygens (including phenoxy) is 1. The van der Waals surface area contributed by atoms with Gasteiger partial charge in [-0.1, -0.05) is 50.8 Å². The van der Waals surface area contributed by atoms with Crippen LogP contribution in [-0.2, 0) is 20.7 Å². The molecule has 1 aromatic rings. The van der Waals surface area contributed by atoms with E-state index in [1.54, 1.807) is 0 Å². The summed E-state index contributed by atoms with van der Waals surface area (Å²) in [6.07, 6.45) is 2.22. The molecular formula is C17H22O3. The molecule has 20 heavy (non-hydrogen) atoms. The van der Waals surface area contributed by atoms with Crippen LogP contribution in [0.3, 0.4) is 0 Å². The van der Waals surface area contributed by atoms with E-state index in [9.17, 15) is 9.59 Å². The van der Waals surface area contributed by atoms with Crippen molar-refractivity contribution < 1.29 is 14.3 Å². The van der Waals surface area contributed by atoms with Crippen LogP contribution in [0, 0.1) is 5.92 Å². The van der Waals surface area contributed by atoms with E-state index in [0.29, 0.717) is 17.9 Å². The maximum atomic E-state index is 11.7. The molecule has 0 saturated carbocycles. The zero-order chi connectivity index (χ0) is 15.0. The number of hydrogen-bond donors (Lipinski definition) is 0. The zero-order valence-corrected chi connectivity index (χ0v) is 12.2. The van der Waals surface area contributed by atoms with Crippen LogP contribution in [0.15, 0.2) is 42.5 Å². The molecule has 0 atom stereocenters. The van der Waals surface area contributed by atoms with E-state index in [1.165, 1.54) is 0 Å². The Labute approximate surface area is 120 Å². The Morgan fingerprint density at radius 1 is 1.15 bits per heavy atom. The Balaban J connectivity index is 2.32. The van der Waals surface area contributed by atoms with Crippen LogP contribution in [0.2, 0.25) is 0 Å². The van der Waals surface area contributed by atoms with E-state index in [1.807, 2.05) is 44.2 Å². The van der Waals surface area contributed by atoms with Crippen molar-refractivity contribution in [2.75, 3.05) is 0 Å². The van der Waals surface area contributed by atoms with Crippen molar-refractivity contribution in [2.24, 2.45) is 5.92 Å². The summed E-state index contributed by atoms with van der Waals surface area (Å²) in [7, 11) is 0. The summed E-state index contributed by atoms with van der Waals surface area (Å²) in [5.74, 6) is -0.654. The molecule has 0 fully saturated rings. The highest BCUT2D eigenvalue weighted by Crippen LogP contribution is 2.10. The fraction of sp³-hybridized carbons (Fsp3) is 0.412. The van der Waals surface area contributed by atoms with Gasteiger partial charge in [0.05, 0.1) is 0 Å². The van der Waals surface area contributed by atoms with Crippen molar-refractivity contribution in [3.8, 4) is 0 Å². The number of rotatable bonds is 7. The number of benzene rings is 1. The van der Waals surface area contributed by atoms with Crippen LogP contribution in [0.25, 0.3) is 0 Å². The summed E-state index contributed by atoms with van der Waals surface area (Å²) in [6.45, 7) is 7.73. The van der Waals surface area contributed by atoms with Gasteiger partial charge in [0.15, 0.2) is 0 Å². The quantitative estimate of drug-likeness (QED) is 0.433. The lowest BCUT2D eigenvalue weighted by atomic mass is 10.1. The fourth-order valence-electron chi connectivity index (χ4n) is 1.68. The molecule has 1 aromatic carbocycles. The van der Waals surface area contributed by atoms with Crippen molar-refractivity contribution in [3.63, 3.8) is 0 Å². The Bertz CT molecular complexity index is 460. The van der Waals surface area contributed by atoms with Gasteiger partial charge in [0.2, 0.25) is 0 Å². The van der Waals surface area contributed by atoms with Crippen LogP contribution in [-0.4, -0.2) is 11.9 Å². The molecule has 0 aliphatic carbocycles. The van der Waals surface area contributed by atoms with Gasteiger partial charge in [-0.05, 0) is 30.7 Å². The van der Waals surface area contributed by atoms with E-state index < -0.39 is 11.9 Å².